The number of phosphoric ester groups is 2. The van der Waals surface area contributed by atoms with E-state index in [-0.39, 0.29) is 25.7 Å². The standard InChI is InChI=1S/C83H148O17P2/c1-5-9-13-17-21-25-29-33-37-38-42-44-48-52-56-60-64-68-81(86)94-74-79(100-83(88)70-66-62-58-54-50-46-41-36-32-28-24-20-16-12-8-4)76-98-102(91,92)96-72-77(84)71-95-101(89,90)97-75-78(99-82(87)69-65-61-57-53-49-45-40-35-31-27-23-19-15-11-7-3)73-93-80(85)67-63-59-55-51-47-43-39-34-30-26-22-18-14-10-6-2/h9,13,21,24-25,28,33-37,39-41,77-79,84H,5-8,10-12,14-20,22-23,26-27,29-32,38,42-76H2,1-4H3,(H,89,90)(H,91,92)/b13-9-,25-21-,28-24-,37-33-,39-34-,40-35-,41-36-. The van der Waals surface area contributed by atoms with Crippen molar-refractivity contribution < 1.29 is 80.2 Å². The largest absolute Gasteiger partial charge is 0.472 e. The lowest BCUT2D eigenvalue weighted by atomic mass is 10.1. The van der Waals surface area contributed by atoms with E-state index in [1.807, 2.05) is 0 Å². The van der Waals surface area contributed by atoms with Gasteiger partial charge in [0.25, 0.3) is 0 Å². The lowest BCUT2D eigenvalue weighted by Gasteiger charge is -2.21. The van der Waals surface area contributed by atoms with Crippen LogP contribution >= 0.6 is 15.6 Å². The number of carbonyl (C=O) groups is 4. The number of allylic oxidation sites excluding steroid dienone is 14. The zero-order chi connectivity index (χ0) is 74.6. The van der Waals surface area contributed by atoms with Crippen LogP contribution < -0.4 is 0 Å². The molecule has 3 N–H and O–H groups in total. The Kier molecular flexibility index (Phi) is 72.7. The third-order valence-corrected chi connectivity index (χ3v) is 19.2. The van der Waals surface area contributed by atoms with Crippen molar-refractivity contribution >= 4 is 39.5 Å². The molecule has 592 valence electrons. The third-order valence-electron chi connectivity index (χ3n) is 17.3. The van der Waals surface area contributed by atoms with Crippen molar-refractivity contribution in [1.29, 1.82) is 0 Å². The number of hydrogen-bond acceptors (Lipinski definition) is 15. The fourth-order valence-electron chi connectivity index (χ4n) is 11.1. The average Bonchev–Trinajstić information content (AvgIpc) is 0.923. The Morgan fingerprint density at radius 3 is 0.814 bits per heavy atom. The first-order valence-electron chi connectivity index (χ1n) is 40.8. The van der Waals surface area contributed by atoms with Crippen LogP contribution in [-0.2, 0) is 65.4 Å². The van der Waals surface area contributed by atoms with E-state index >= 15 is 0 Å². The fraction of sp³-hybridized carbons (Fsp3) is 0.783. The molecule has 0 saturated heterocycles. The Labute approximate surface area is 621 Å². The maximum Gasteiger partial charge on any atom is 0.472 e. The predicted molar refractivity (Wildman–Crippen MR) is 418 cm³/mol. The quantitative estimate of drug-likeness (QED) is 0.0169. The number of carbonyl (C=O) groups excluding carboxylic acids is 4. The van der Waals surface area contributed by atoms with Crippen LogP contribution in [0.2, 0.25) is 0 Å². The molecule has 0 aromatic carbocycles. The van der Waals surface area contributed by atoms with Gasteiger partial charge in [0, 0.05) is 25.7 Å². The summed E-state index contributed by atoms with van der Waals surface area (Å²) in [5, 5.41) is 10.6. The molecule has 17 nitrogen and oxygen atoms in total. The summed E-state index contributed by atoms with van der Waals surface area (Å²) in [7, 11) is -9.96. The third kappa shape index (κ3) is 74.5. The van der Waals surface area contributed by atoms with Crippen LogP contribution in [0.15, 0.2) is 85.1 Å². The second kappa shape index (κ2) is 75.5. The van der Waals surface area contributed by atoms with Crippen molar-refractivity contribution in [1.82, 2.24) is 0 Å². The normalized spacial score (nSPS) is 14.3. The van der Waals surface area contributed by atoms with Crippen molar-refractivity contribution in [2.24, 2.45) is 0 Å². The summed E-state index contributed by atoms with van der Waals surface area (Å²) in [6.07, 6.45) is 78.3. The molecular formula is C83H148O17P2. The van der Waals surface area contributed by atoms with Gasteiger partial charge in [-0.1, -0.05) is 280 Å². The van der Waals surface area contributed by atoms with E-state index in [0.717, 1.165) is 186 Å². The first-order chi connectivity index (χ1) is 49.7. The maximum atomic E-state index is 13.1. The molecule has 0 aliphatic rings. The minimum absolute atomic E-state index is 0.0776. The van der Waals surface area contributed by atoms with Crippen LogP contribution in [0.1, 0.15) is 362 Å². The molecule has 0 fully saturated rings. The van der Waals surface area contributed by atoms with Gasteiger partial charge in [0.05, 0.1) is 26.4 Å². The molecule has 0 amide bonds. The lowest BCUT2D eigenvalue weighted by Crippen LogP contribution is -2.30. The molecule has 0 aromatic heterocycles. The number of aliphatic hydroxyl groups excluding tert-OH is 1. The summed E-state index contributed by atoms with van der Waals surface area (Å²) in [4.78, 5) is 73.1. The highest BCUT2D eigenvalue weighted by Gasteiger charge is 2.30. The summed E-state index contributed by atoms with van der Waals surface area (Å²) < 4.78 is 68.7. The van der Waals surface area contributed by atoms with Crippen molar-refractivity contribution in [3.8, 4) is 0 Å². The molecule has 0 aliphatic carbocycles. The number of rotatable bonds is 77. The van der Waals surface area contributed by atoms with Crippen molar-refractivity contribution in [2.45, 2.75) is 380 Å². The van der Waals surface area contributed by atoms with Gasteiger partial charge in [-0.25, -0.2) is 9.13 Å². The van der Waals surface area contributed by atoms with E-state index in [4.69, 9.17) is 37.0 Å². The highest BCUT2D eigenvalue weighted by Crippen LogP contribution is 2.45. The van der Waals surface area contributed by atoms with E-state index in [1.165, 1.54) is 96.3 Å². The summed E-state index contributed by atoms with van der Waals surface area (Å²) in [5.41, 5.74) is 0. The first-order valence-corrected chi connectivity index (χ1v) is 43.8. The Morgan fingerprint density at radius 1 is 0.284 bits per heavy atom. The minimum atomic E-state index is -4.98. The molecule has 0 aromatic rings. The Hall–Kier alpha value is -3.76. The van der Waals surface area contributed by atoms with Gasteiger partial charge in [-0.05, 0) is 141 Å². The van der Waals surface area contributed by atoms with Crippen LogP contribution in [0.4, 0.5) is 0 Å². The molecule has 0 spiro atoms. The monoisotopic (exact) mass is 1480 g/mol. The molecule has 0 saturated carbocycles. The summed E-state index contributed by atoms with van der Waals surface area (Å²) >= 11 is 0. The lowest BCUT2D eigenvalue weighted by molar-refractivity contribution is -0.161. The topological polar surface area (TPSA) is 237 Å². The SMILES string of the molecule is CC/C=C\C/C=C\C/C=C\CCCCCCCCCC(=O)OCC(COP(=O)(O)OCC(O)COP(=O)(O)OCC(COC(=O)CCCCCCC/C=C\CCCCCCCC)OC(=O)CCCCCCC/C=C\CCCCCCCC)OC(=O)CCCCCCC/C=C\C/C=C\CCCCC. The predicted octanol–water partition coefficient (Wildman–Crippen LogP) is 23.8. The molecule has 5 atom stereocenters. The van der Waals surface area contributed by atoms with E-state index in [1.54, 1.807) is 0 Å². The number of ether oxygens (including phenoxy) is 4. The summed E-state index contributed by atoms with van der Waals surface area (Å²) in [6.45, 7) is 4.74. The zero-order valence-corrected chi connectivity index (χ0v) is 66.6. The van der Waals surface area contributed by atoms with Crippen molar-refractivity contribution in [3.63, 3.8) is 0 Å². The zero-order valence-electron chi connectivity index (χ0n) is 64.8. The molecule has 0 aliphatic heterocycles. The molecule has 0 rings (SSSR count). The van der Waals surface area contributed by atoms with Crippen LogP contribution in [0.5, 0.6) is 0 Å². The molecule has 0 radical (unpaired) electrons. The molecule has 19 heteroatoms. The Balaban J connectivity index is 5.37. The van der Waals surface area contributed by atoms with Gasteiger partial charge in [-0.2, -0.15) is 0 Å². The molecule has 0 heterocycles. The summed E-state index contributed by atoms with van der Waals surface area (Å²) in [5.74, 6) is -2.20. The molecule has 0 bridgehead atoms. The molecular weight excluding hydrogens is 1330 g/mol. The first kappa shape index (κ1) is 98.2. The van der Waals surface area contributed by atoms with Crippen molar-refractivity contribution in [2.75, 3.05) is 39.6 Å². The van der Waals surface area contributed by atoms with E-state index in [9.17, 15) is 43.2 Å². The van der Waals surface area contributed by atoms with Gasteiger partial charge in [-0.3, -0.25) is 37.3 Å². The van der Waals surface area contributed by atoms with Gasteiger partial charge < -0.3 is 33.8 Å². The number of hydrogen-bond donors (Lipinski definition) is 3. The second-order valence-corrected chi connectivity index (χ2v) is 30.2. The molecule has 5 unspecified atom stereocenters. The average molecular weight is 1480 g/mol. The number of esters is 4. The van der Waals surface area contributed by atoms with Gasteiger partial charge >= 0.3 is 39.5 Å². The highest BCUT2D eigenvalue weighted by atomic mass is 31.2. The Morgan fingerprint density at radius 2 is 0.510 bits per heavy atom. The van der Waals surface area contributed by atoms with E-state index < -0.39 is 97.5 Å². The van der Waals surface area contributed by atoms with Crippen LogP contribution in [-0.4, -0.2) is 96.7 Å². The van der Waals surface area contributed by atoms with Gasteiger partial charge in [0.2, 0.25) is 0 Å². The van der Waals surface area contributed by atoms with Gasteiger partial charge in [0.15, 0.2) is 12.2 Å². The maximum absolute atomic E-state index is 13.1. The highest BCUT2D eigenvalue weighted by molar-refractivity contribution is 7.47. The van der Waals surface area contributed by atoms with Gasteiger partial charge in [-0.15, -0.1) is 0 Å². The molecule has 102 heavy (non-hydrogen) atoms. The van der Waals surface area contributed by atoms with Crippen molar-refractivity contribution in [3.05, 3.63) is 85.1 Å². The summed E-state index contributed by atoms with van der Waals surface area (Å²) in [6, 6.07) is 0. The van der Waals surface area contributed by atoms with Gasteiger partial charge in [0.1, 0.15) is 19.3 Å². The Bertz CT molecular complexity index is 2260. The minimum Gasteiger partial charge on any atom is -0.462 e. The van der Waals surface area contributed by atoms with E-state index in [0.29, 0.717) is 25.7 Å². The number of unbranched alkanes of at least 4 members (excludes halogenated alkanes) is 37. The van der Waals surface area contributed by atoms with Crippen LogP contribution in [0.25, 0.3) is 0 Å². The van der Waals surface area contributed by atoms with Crippen LogP contribution in [0.3, 0.4) is 0 Å². The van der Waals surface area contributed by atoms with Crippen LogP contribution in [0, 0.1) is 0 Å². The van der Waals surface area contributed by atoms with E-state index in [2.05, 4.69) is 113 Å². The number of aliphatic hydroxyl groups is 1. The number of phosphoric acid groups is 2. The smallest absolute Gasteiger partial charge is 0.462 e. The fourth-order valence-corrected chi connectivity index (χ4v) is 12.7. The second-order valence-electron chi connectivity index (χ2n) is 27.3.